The molecule has 1 aromatic carbocycles. The number of hydrogen-bond donors (Lipinski definition) is 0. The molecule has 0 N–H and O–H groups in total. The summed E-state index contributed by atoms with van der Waals surface area (Å²) in [4.78, 5) is 14.2. The molecule has 3 rings (SSSR count). The lowest BCUT2D eigenvalue weighted by Gasteiger charge is -2.19. The molecule has 1 aromatic rings. The fourth-order valence-corrected chi connectivity index (χ4v) is 3.48. The molecule has 1 saturated carbocycles. The zero-order chi connectivity index (χ0) is 14.5. The lowest BCUT2D eigenvalue weighted by atomic mass is 9.90. The van der Waals surface area contributed by atoms with E-state index in [1.165, 1.54) is 25.7 Å². The van der Waals surface area contributed by atoms with Crippen LogP contribution in [0.5, 0.6) is 0 Å². The van der Waals surface area contributed by atoms with Gasteiger partial charge in [0.2, 0.25) is 5.91 Å². The molecule has 0 aromatic heterocycles. The molecule has 3 nitrogen and oxygen atoms in total. The smallest absolute Gasteiger partial charge is 0.248 e. The fourth-order valence-electron chi connectivity index (χ4n) is 3.48. The van der Waals surface area contributed by atoms with Gasteiger partial charge in [0.05, 0.1) is 6.61 Å². The number of nitrogens with zero attached hydrogens (tertiary/aromatic N) is 1. The van der Waals surface area contributed by atoms with Crippen LogP contribution in [0, 0.1) is 11.8 Å². The third-order valence-electron chi connectivity index (χ3n) is 4.70. The molecule has 21 heavy (non-hydrogen) atoms. The Hall–Kier alpha value is -1.35. The largest absolute Gasteiger partial charge is 0.367 e. The van der Waals surface area contributed by atoms with Gasteiger partial charge in [0, 0.05) is 13.1 Å². The van der Waals surface area contributed by atoms with Gasteiger partial charge in [-0.15, -0.1) is 0 Å². The first-order valence-corrected chi connectivity index (χ1v) is 8.07. The average molecular weight is 286 g/mol. The van der Waals surface area contributed by atoms with Crippen LogP contribution in [0.2, 0.25) is 0 Å². The molecule has 0 spiro atoms. The van der Waals surface area contributed by atoms with Crippen molar-refractivity contribution < 1.29 is 9.53 Å². The number of hydrogen-bond acceptors (Lipinski definition) is 2. The summed E-state index contributed by atoms with van der Waals surface area (Å²) in [6.45, 7) is 2.54. The number of benzene rings is 1. The van der Waals surface area contributed by atoms with Crippen LogP contribution in [0.3, 0.4) is 0 Å². The van der Waals surface area contributed by atoms with E-state index in [9.17, 15) is 4.79 Å². The van der Waals surface area contributed by atoms with Crippen LogP contribution < -0.4 is 0 Å². The van der Waals surface area contributed by atoms with Crippen molar-refractivity contribution in [2.75, 3.05) is 19.7 Å². The summed E-state index contributed by atoms with van der Waals surface area (Å²) in [5, 5.41) is 0. The van der Waals surface area contributed by atoms with Crippen molar-refractivity contribution in [3.05, 3.63) is 41.8 Å². The number of carbonyl (C=O) groups excluding carboxylic acids is 1. The van der Waals surface area contributed by atoms with Gasteiger partial charge in [0.1, 0.15) is 6.61 Å². The summed E-state index contributed by atoms with van der Waals surface area (Å²) in [6, 6.07) is 10.0. The number of ether oxygens (including phenoxy) is 1. The number of rotatable bonds is 5. The summed E-state index contributed by atoms with van der Waals surface area (Å²) < 4.78 is 5.56. The first kappa shape index (κ1) is 14.6. The molecule has 1 heterocycles. The Morgan fingerprint density at radius 3 is 2.71 bits per heavy atom. The Kier molecular flexibility index (Phi) is 4.91. The van der Waals surface area contributed by atoms with Gasteiger partial charge in [-0.2, -0.15) is 0 Å². The van der Waals surface area contributed by atoms with Crippen LogP contribution >= 0.6 is 0 Å². The van der Waals surface area contributed by atoms with Crippen LogP contribution in [-0.4, -0.2) is 30.5 Å². The van der Waals surface area contributed by atoms with E-state index in [1.807, 2.05) is 35.2 Å². The van der Waals surface area contributed by atoms with E-state index in [-0.39, 0.29) is 12.5 Å². The van der Waals surface area contributed by atoms with Crippen LogP contribution in [0.25, 0.3) is 0 Å². The predicted octanol–water partition coefficient (Wildman–Crippen LogP) is 3.20. The van der Waals surface area contributed by atoms with Gasteiger partial charge in [-0.3, -0.25) is 4.79 Å². The molecule has 3 heteroatoms. The third-order valence-corrected chi connectivity index (χ3v) is 4.70. The SMILES string of the molecule is O=C(COCc1ccccc1)N1CC[C@@H]([C]2CCCC2)C1. The van der Waals surface area contributed by atoms with Crippen LogP contribution in [0.1, 0.15) is 37.7 Å². The van der Waals surface area contributed by atoms with Crippen molar-refractivity contribution in [1.29, 1.82) is 0 Å². The normalized spacial score (nSPS) is 22.9. The molecule has 1 aliphatic carbocycles. The van der Waals surface area contributed by atoms with E-state index in [0.717, 1.165) is 25.1 Å². The topological polar surface area (TPSA) is 29.5 Å². The zero-order valence-corrected chi connectivity index (χ0v) is 12.6. The van der Waals surface area contributed by atoms with Gasteiger partial charge in [0.25, 0.3) is 0 Å². The Bertz CT molecular complexity index is 454. The van der Waals surface area contributed by atoms with Crippen molar-refractivity contribution >= 4 is 5.91 Å². The van der Waals surface area contributed by atoms with Gasteiger partial charge < -0.3 is 9.64 Å². The van der Waals surface area contributed by atoms with E-state index in [0.29, 0.717) is 12.5 Å². The van der Waals surface area contributed by atoms with Crippen molar-refractivity contribution in [2.24, 2.45) is 5.92 Å². The highest BCUT2D eigenvalue weighted by molar-refractivity contribution is 5.77. The minimum atomic E-state index is 0.145. The summed E-state index contributed by atoms with van der Waals surface area (Å²) in [5.74, 6) is 2.51. The molecule has 0 bridgehead atoms. The van der Waals surface area contributed by atoms with E-state index in [4.69, 9.17) is 4.74 Å². The zero-order valence-electron chi connectivity index (χ0n) is 12.6. The summed E-state index contributed by atoms with van der Waals surface area (Å²) >= 11 is 0. The second kappa shape index (κ2) is 7.08. The summed E-state index contributed by atoms with van der Waals surface area (Å²) in [7, 11) is 0. The van der Waals surface area contributed by atoms with Crippen molar-refractivity contribution in [1.82, 2.24) is 4.90 Å². The van der Waals surface area contributed by atoms with Gasteiger partial charge in [-0.1, -0.05) is 43.2 Å². The van der Waals surface area contributed by atoms with Gasteiger partial charge in [-0.05, 0) is 36.7 Å². The predicted molar refractivity (Wildman–Crippen MR) is 82.5 cm³/mol. The van der Waals surface area contributed by atoms with E-state index >= 15 is 0 Å². The maximum absolute atomic E-state index is 12.2. The first-order chi connectivity index (χ1) is 10.3. The highest BCUT2D eigenvalue weighted by atomic mass is 16.5. The second-order valence-corrected chi connectivity index (χ2v) is 6.17. The molecule has 1 saturated heterocycles. The number of carbonyl (C=O) groups is 1. The quantitative estimate of drug-likeness (QED) is 0.832. The van der Waals surface area contributed by atoms with Crippen molar-refractivity contribution in [3.63, 3.8) is 0 Å². The number of amides is 1. The highest BCUT2D eigenvalue weighted by Gasteiger charge is 2.33. The van der Waals surface area contributed by atoms with Crippen LogP contribution in [0.15, 0.2) is 30.3 Å². The van der Waals surface area contributed by atoms with E-state index < -0.39 is 0 Å². The van der Waals surface area contributed by atoms with Crippen molar-refractivity contribution in [3.8, 4) is 0 Å². The van der Waals surface area contributed by atoms with Crippen molar-refractivity contribution in [2.45, 2.75) is 38.7 Å². The molecule has 0 unspecified atom stereocenters. The lowest BCUT2D eigenvalue weighted by Crippen LogP contribution is -2.32. The Labute approximate surface area is 127 Å². The molecule has 1 radical (unpaired) electrons. The van der Waals surface area contributed by atoms with E-state index in [2.05, 4.69) is 0 Å². The summed E-state index contributed by atoms with van der Waals surface area (Å²) in [5.41, 5.74) is 1.12. The second-order valence-electron chi connectivity index (χ2n) is 6.17. The van der Waals surface area contributed by atoms with Gasteiger partial charge >= 0.3 is 0 Å². The Morgan fingerprint density at radius 2 is 1.95 bits per heavy atom. The molecule has 1 aliphatic heterocycles. The molecule has 1 atom stereocenters. The molecule has 113 valence electrons. The third kappa shape index (κ3) is 3.85. The van der Waals surface area contributed by atoms with E-state index in [1.54, 1.807) is 5.92 Å². The summed E-state index contributed by atoms with van der Waals surface area (Å²) in [6.07, 6.45) is 6.42. The van der Waals surface area contributed by atoms with Crippen LogP contribution in [0.4, 0.5) is 0 Å². The number of likely N-dealkylation sites (tertiary alicyclic amines) is 1. The molecule has 2 fully saturated rings. The van der Waals surface area contributed by atoms with Crippen LogP contribution in [-0.2, 0) is 16.1 Å². The molecular weight excluding hydrogens is 262 g/mol. The monoisotopic (exact) mass is 286 g/mol. The standard InChI is InChI=1S/C18H24NO2/c20-18(14-21-13-15-6-2-1-3-7-15)19-11-10-17(12-19)16-8-4-5-9-16/h1-3,6-7,17H,4-5,8-14H2/t17-/m1/s1. The minimum absolute atomic E-state index is 0.145. The lowest BCUT2D eigenvalue weighted by molar-refractivity contribution is -0.135. The maximum atomic E-state index is 12.2. The van der Waals surface area contributed by atoms with Gasteiger partial charge in [0.15, 0.2) is 0 Å². The Balaban J connectivity index is 1.40. The fraction of sp³-hybridized carbons (Fsp3) is 0.556. The average Bonchev–Trinajstić information content (AvgIpc) is 3.19. The maximum Gasteiger partial charge on any atom is 0.248 e. The van der Waals surface area contributed by atoms with Gasteiger partial charge in [-0.25, -0.2) is 0 Å². The molecular formula is C18H24NO2. The first-order valence-electron chi connectivity index (χ1n) is 8.07. The minimum Gasteiger partial charge on any atom is -0.367 e. The highest BCUT2D eigenvalue weighted by Crippen LogP contribution is 2.37. The Morgan fingerprint density at radius 1 is 1.19 bits per heavy atom. The molecule has 1 amide bonds. The molecule has 2 aliphatic rings.